The molecule has 0 bridgehead atoms. The highest BCUT2D eigenvalue weighted by Gasteiger charge is 2.10. The third-order valence-electron chi connectivity index (χ3n) is 4.14. The first-order valence-corrected chi connectivity index (χ1v) is 11.2. The predicted octanol–water partition coefficient (Wildman–Crippen LogP) is 6.03. The zero-order valence-corrected chi connectivity index (χ0v) is 20.0. The number of nitrogens with one attached hydrogen (secondary N) is 1. The number of amides is 1. The molecule has 162 valence electrons. The summed E-state index contributed by atoms with van der Waals surface area (Å²) >= 11 is 4.82. The molecule has 0 radical (unpaired) electrons. The highest BCUT2D eigenvalue weighted by Crippen LogP contribution is 2.36. The SMILES string of the molecule is COc1cc(C=CC(=O)Nc2nc(-c3ccc(OC(C)C)cc3)cs2)cc(Br)c1OC. The van der Waals surface area contributed by atoms with Gasteiger partial charge in [0.25, 0.3) is 0 Å². The number of methoxy groups -OCH3 is 2. The summed E-state index contributed by atoms with van der Waals surface area (Å²) in [6.45, 7) is 3.98. The molecule has 0 aliphatic rings. The average Bonchev–Trinajstić information content (AvgIpc) is 3.20. The van der Waals surface area contributed by atoms with Gasteiger partial charge in [0.05, 0.1) is 30.5 Å². The summed E-state index contributed by atoms with van der Waals surface area (Å²) in [5.74, 6) is 1.72. The lowest BCUT2D eigenvalue weighted by atomic mass is 10.2. The molecule has 31 heavy (non-hydrogen) atoms. The van der Waals surface area contributed by atoms with Crippen LogP contribution in [0.15, 0.2) is 52.3 Å². The fraction of sp³-hybridized carbons (Fsp3) is 0.217. The number of ether oxygens (including phenoxy) is 3. The van der Waals surface area contributed by atoms with E-state index in [1.807, 2.05) is 49.6 Å². The van der Waals surface area contributed by atoms with Crippen molar-refractivity contribution in [3.8, 4) is 28.5 Å². The first-order valence-electron chi connectivity index (χ1n) is 9.52. The second-order valence-electron chi connectivity index (χ2n) is 6.79. The number of aromatic nitrogens is 1. The number of anilines is 1. The van der Waals surface area contributed by atoms with Gasteiger partial charge < -0.3 is 14.2 Å². The average molecular weight is 503 g/mol. The molecule has 6 nitrogen and oxygen atoms in total. The van der Waals surface area contributed by atoms with Crippen molar-refractivity contribution in [2.24, 2.45) is 0 Å². The molecule has 0 fully saturated rings. The molecule has 0 spiro atoms. The van der Waals surface area contributed by atoms with Crippen LogP contribution in [0, 0.1) is 0 Å². The van der Waals surface area contributed by atoms with Gasteiger partial charge >= 0.3 is 0 Å². The van der Waals surface area contributed by atoms with E-state index >= 15 is 0 Å². The summed E-state index contributed by atoms with van der Waals surface area (Å²) in [7, 11) is 3.14. The zero-order chi connectivity index (χ0) is 22.4. The van der Waals surface area contributed by atoms with Crippen LogP contribution >= 0.6 is 27.3 Å². The maximum absolute atomic E-state index is 12.3. The molecule has 2 aromatic carbocycles. The Labute approximate surface area is 194 Å². The van der Waals surface area contributed by atoms with Crippen LogP contribution < -0.4 is 19.5 Å². The van der Waals surface area contributed by atoms with Gasteiger partial charge in [0.2, 0.25) is 5.91 Å². The largest absolute Gasteiger partial charge is 0.493 e. The Kier molecular flexibility index (Phi) is 7.70. The summed E-state index contributed by atoms with van der Waals surface area (Å²) in [6.07, 6.45) is 3.27. The van der Waals surface area contributed by atoms with E-state index in [9.17, 15) is 4.79 Å². The molecule has 0 aliphatic carbocycles. The van der Waals surface area contributed by atoms with Gasteiger partial charge in [0.1, 0.15) is 5.75 Å². The molecule has 3 rings (SSSR count). The molecule has 0 unspecified atom stereocenters. The van der Waals surface area contributed by atoms with Crippen LogP contribution in [-0.2, 0) is 4.79 Å². The van der Waals surface area contributed by atoms with Gasteiger partial charge in [-0.25, -0.2) is 4.98 Å². The van der Waals surface area contributed by atoms with Crippen molar-refractivity contribution < 1.29 is 19.0 Å². The van der Waals surface area contributed by atoms with Gasteiger partial charge in [0, 0.05) is 17.0 Å². The molecule has 1 aromatic heterocycles. The molecule has 0 aliphatic heterocycles. The second kappa shape index (κ2) is 10.5. The number of thiazole rings is 1. The number of hydrogen-bond acceptors (Lipinski definition) is 6. The van der Waals surface area contributed by atoms with Gasteiger partial charge in [-0.3, -0.25) is 10.1 Å². The second-order valence-corrected chi connectivity index (χ2v) is 8.50. The monoisotopic (exact) mass is 502 g/mol. The van der Waals surface area contributed by atoms with Crippen molar-refractivity contribution in [3.05, 3.63) is 57.9 Å². The zero-order valence-electron chi connectivity index (χ0n) is 17.6. The van der Waals surface area contributed by atoms with E-state index in [0.717, 1.165) is 27.0 Å². The van der Waals surface area contributed by atoms with E-state index in [0.29, 0.717) is 16.6 Å². The van der Waals surface area contributed by atoms with Crippen molar-refractivity contribution in [1.82, 2.24) is 4.98 Å². The van der Waals surface area contributed by atoms with E-state index in [2.05, 4.69) is 26.2 Å². The number of halogens is 1. The third kappa shape index (κ3) is 6.08. The summed E-state index contributed by atoms with van der Waals surface area (Å²) in [5, 5.41) is 5.23. The molecule has 1 N–H and O–H groups in total. The van der Waals surface area contributed by atoms with Crippen molar-refractivity contribution in [3.63, 3.8) is 0 Å². The van der Waals surface area contributed by atoms with Gasteiger partial charge in [-0.05, 0) is 77.8 Å². The Morgan fingerprint density at radius 3 is 2.55 bits per heavy atom. The molecule has 0 saturated carbocycles. The van der Waals surface area contributed by atoms with Gasteiger partial charge in [0.15, 0.2) is 16.6 Å². The Bertz CT molecular complexity index is 1080. The summed E-state index contributed by atoms with van der Waals surface area (Å²) < 4.78 is 17.0. The van der Waals surface area contributed by atoms with Crippen molar-refractivity contribution in [2.45, 2.75) is 20.0 Å². The molecule has 8 heteroatoms. The maximum atomic E-state index is 12.3. The van der Waals surface area contributed by atoms with Crippen LogP contribution in [0.3, 0.4) is 0 Å². The number of hydrogen-bond donors (Lipinski definition) is 1. The predicted molar refractivity (Wildman–Crippen MR) is 128 cm³/mol. The van der Waals surface area contributed by atoms with Gasteiger partial charge in [-0.15, -0.1) is 11.3 Å². The molecule has 0 atom stereocenters. The fourth-order valence-corrected chi connectivity index (χ4v) is 4.14. The summed E-state index contributed by atoms with van der Waals surface area (Å²) in [6, 6.07) is 11.4. The minimum absolute atomic E-state index is 0.125. The smallest absolute Gasteiger partial charge is 0.250 e. The minimum Gasteiger partial charge on any atom is -0.493 e. The fourth-order valence-electron chi connectivity index (χ4n) is 2.79. The number of carbonyl (C=O) groups excluding carboxylic acids is 1. The normalized spacial score (nSPS) is 11.0. The molecule has 3 aromatic rings. The summed E-state index contributed by atoms with van der Waals surface area (Å²) in [4.78, 5) is 16.8. The molecular formula is C23H23BrN2O4S. The highest BCUT2D eigenvalue weighted by atomic mass is 79.9. The number of benzene rings is 2. The lowest BCUT2D eigenvalue weighted by molar-refractivity contribution is -0.111. The Morgan fingerprint density at radius 1 is 1.16 bits per heavy atom. The first kappa shape index (κ1) is 22.8. The number of nitrogens with zero attached hydrogens (tertiary/aromatic N) is 1. The maximum Gasteiger partial charge on any atom is 0.250 e. The molecule has 0 saturated heterocycles. The van der Waals surface area contributed by atoms with Gasteiger partial charge in [-0.1, -0.05) is 0 Å². The van der Waals surface area contributed by atoms with E-state index in [1.54, 1.807) is 26.4 Å². The lowest BCUT2D eigenvalue weighted by Crippen LogP contribution is -2.07. The lowest BCUT2D eigenvalue weighted by Gasteiger charge is -2.10. The molecular weight excluding hydrogens is 480 g/mol. The number of carbonyl (C=O) groups is 1. The van der Waals surface area contributed by atoms with E-state index in [4.69, 9.17) is 14.2 Å². The van der Waals surface area contributed by atoms with E-state index in [1.165, 1.54) is 17.4 Å². The Balaban J connectivity index is 1.65. The van der Waals surface area contributed by atoms with Gasteiger partial charge in [-0.2, -0.15) is 0 Å². The third-order valence-corrected chi connectivity index (χ3v) is 5.49. The van der Waals surface area contributed by atoms with E-state index in [-0.39, 0.29) is 12.0 Å². The van der Waals surface area contributed by atoms with Crippen molar-refractivity contribution in [2.75, 3.05) is 19.5 Å². The number of rotatable bonds is 8. The Hall–Kier alpha value is -2.84. The van der Waals surface area contributed by atoms with Crippen molar-refractivity contribution >= 4 is 44.4 Å². The van der Waals surface area contributed by atoms with Crippen LogP contribution in [0.1, 0.15) is 19.4 Å². The molecule has 1 amide bonds. The summed E-state index contributed by atoms with van der Waals surface area (Å²) in [5.41, 5.74) is 2.55. The minimum atomic E-state index is -0.271. The molecule has 1 heterocycles. The van der Waals surface area contributed by atoms with Crippen LogP contribution in [0.2, 0.25) is 0 Å². The standard InChI is InChI=1S/C23H23BrN2O4S/c1-14(2)30-17-8-6-16(7-9-17)19-13-31-23(25-19)26-21(27)10-5-15-11-18(24)22(29-4)20(12-15)28-3/h5-14H,1-4H3,(H,25,26,27). The van der Waals surface area contributed by atoms with Crippen LogP contribution in [-0.4, -0.2) is 31.2 Å². The van der Waals surface area contributed by atoms with Crippen LogP contribution in [0.25, 0.3) is 17.3 Å². The topological polar surface area (TPSA) is 69.7 Å². The van der Waals surface area contributed by atoms with Crippen molar-refractivity contribution in [1.29, 1.82) is 0 Å². The van der Waals surface area contributed by atoms with Crippen LogP contribution in [0.4, 0.5) is 5.13 Å². The van der Waals surface area contributed by atoms with Crippen LogP contribution in [0.5, 0.6) is 17.2 Å². The highest BCUT2D eigenvalue weighted by molar-refractivity contribution is 9.10. The quantitative estimate of drug-likeness (QED) is 0.380. The Morgan fingerprint density at radius 2 is 1.90 bits per heavy atom. The first-order chi connectivity index (χ1) is 14.9. The van der Waals surface area contributed by atoms with E-state index < -0.39 is 0 Å².